The highest BCUT2D eigenvalue weighted by atomic mass is 19.4. The molecule has 224 valence electrons. The van der Waals surface area contributed by atoms with Crippen molar-refractivity contribution in [2.45, 2.75) is 24.7 Å². The molecule has 0 saturated carbocycles. The van der Waals surface area contributed by atoms with Gasteiger partial charge < -0.3 is 0 Å². The van der Waals surface area contributed by atoms with Gasteiger partial charge in [0.05, 0.1) is 34.4 Å². The first-order valence-corrected chi connectivity index (χ1v) is 11.0. The summed E-state index contributed by atoms with van der Waals surface area (Å²) in [4.78, 5) is 5.00. The molecule has 3 aromatic rings. The van der Waals surface area contributed by atoms with Crippen molar-refractivity contribution < 1.29 is 52.7 Å². The lowest BCUT2D eigenvalue weighted by atomic mass is 9.94. The van der Waals surface area contributed by atoms with Gasteiger partial charge in [-0.2, -0.15) is 73.7 Å². The van der Waals surface area contributed by atoms with E-state index in [4.69, 9.17) is 0 Å². The average Bonchev–Trinajstić information content (AvgIpc) is 2.92. The van der Waals surface area contributed by atoms with E-state index in [2.05, 4.69) is 9.97 Å². The first kappa shape index (κ1) is 32.9. The summed E-state index contributed by atoms with van der Waals surface area (Å²) in [7, 11) is 0. The number of hydrogen-bond donors (Lipinski definition) is 0. The molecule has 1 aromatic carbocycles. The topological polar surface area (TPSA) is 121 Å². The lowest BCUT2D eigenvalue weighted by Crippen LogP contribution is -2.23. The third kappa shape index (κ3) is 6.71. The van der Waals surface area contributed by atoms with Crippen LogP contribution in [-0.2, 0) is 24.7 Å². The smallest absolute Gasteiger partial charge is 0.239 e. The minimum absolute atomic E-state index is 0.0516. The highest BCUT2D eigenvalue weighted by Gasteiger charge is 2.40. The Kier molecular flexibility index (Phi) is 8.39. The fourth-order valence-corrected chi connectivity index (χ4v) is 3.69. The van der Waals surface area contributed by atoms with E-state index in [1.165, 1.54) is 24.3 Å². The van der Waals surface area contributed by atoms with E-state index in [9.17, 15) is 73.7 Å². The van der Waals surface area contributed by atoms with Gasteiger partial charge in [0.2, 0.25) is 0 Å². The van der Waals surface area contributed by atoms with Crippen molar-refractivity contribution in [1.29, 1.82) is 21.0 Å². The Balaban J connectivity index is 2.55. The predicted molar refractivity (Wildman–Crippen MR) is 120 cm³/mol. The maximum Gasteiger partial charge on any atom is 0.433 e. The Morgan fingerprint density at radius 3 is 0.886 bits per heavy atom. The van der Waals surface area contributed by atoms with Crippen LogP contribution < -0.4 is 10.4 Å². The fourth-order valence-electron chi connectivity index (χ4n) is 3.69. The van der Waals surface area contributed by atoms with Crippen LogP contribution in [0.5, 0.6) is 0 Å². The van der Waals surface area contributed by atoms with Crippen molar-refractivity contribution in [1.82, 2.24) is 9.97 Å². The van der Waals surface area contributed by atoms with Gasteiger partial charge >= 0.3 is 24.7 Å². The number of alkyl halides is 12. The molecule has 0 N–H and O–H groups in total. The number of nitriles is 4. The van der Waals surface area contributed by atoms with Crippen LogP contribution >= 0.6 is 0 Å². The first-order chi connectivity index (χ1) is 20.1. The maximum absolute atomic E-state index is 13.3. The molecule has 6 nitrogen and oxygen atoms in total. The van der Waals surface area contributed by atoms with Gasteiger partial charge in [0.25, 0.3) is 0 Å². The van der Waals surface area contributed by atoms with Crippen molar-refractivity contribution in [3.63, 3.8) is 0 Å². The summed E-state index contributed by atoms with van der Waals surface area (Å²) in [6.07, 6.45) is -21.8. The average molecular weight is 630 g/mol. The van der Waals surface area contributed by atoms with Gasteiger partial charge in [0.1, 0.15) is 34.9 Å². The zero-order chi connectivity index (χ0) is 33.4. The van der Waals surface area contributed by atoms with Crippen LogP contribution in [0.4, 0.5) is 52.7 Å². The molecule has 0 amide bonds. The molecule has 0 aliphatic rings. The van der Waals surface area contributed by atoms with Gasteiger partial charge in [-0.25, -0.2) is 9.97 Å². The third-order valence-corrected chi connectivity index (χ3v) is 5.55. The number of hydrogen-bond acceptors (Lipinski definition) is 6. The normalized spacial score (nSPS) is 13.6. The number of aromatic nitrogens is 2. The molecular weight excluding hydrogens is 624 g/mol. The number of benzene rings is 1. The summed E-state index contributed by atoms with van der Waals surface area (Å²) in [5.41, 5.74) is -14.1. The van der Waals surface area contributed by atoms with Crippen molar-refractivity contribution in [2.75, 3.05) is 0 Å². The SMILES string of the molecule is N#C/C(c1cc(C(F)(F)F)nc(C(F)(F)F)c1)=c1/cc(C#N)/c(=C(\C#N)c2cc(C(F)(F)F)nc(C(F)(F)F)c2)cc1C#N. The molecule has 0 saturated heterocycles. The van der Waals surface area contributed by atoms with Crippen molar-refractivity contribution in [2.24, 2.45) is 0 Å². The molecular formula is C26H6F12N6. The number of rotatable bonds is 2. The Hall–Kier alpha value is -5.62. The zero-order valence-electron chi connectivity index (χ0n) is 20.7. The van der Waals surface area contributed by atoms with Crippen LogP contribution in [0.2, 0.25) is 0 Å². The number of nitrogens with zero attached hydrogens (tertiary/aromatic N) is 6. The molecule has 18 heteroatoms. The molecule has 0 spiro atoms. The standard InChI is InChI=1S/C26H6F12N6/c27-23(28,29)19-3-11(4-20(43-19)24(30,31)32)17(9-41)15-1-13(7-39)16(2-14(15)8-40)18(10-42)12-5-21(25(33,34)35)44-22(6-12)26(36,37)38/h1-6H/b17-15+,18-16+. The summed E-state index contributed by atoms with van der Waals surface area (Å²) in [5.74, 6) is 0. The minimum Gasteiger partial charge on any atom is -0.239 e. The molecule has 0 aliphatic heterocycles. The number of halogens is 12. The second-order valence-electron chi connectivity index (χ2n) is 8.38. The Morgan fingerprint density at radius 1 is 0.455 bits per heavy atom. The third-order valence-electron chi connectivity index (χ3n) is 5.55. The van der Waals surface area contributed by atoms with E-state index in [1.807, 2.05) is 0 Å². The molecule has 0 atom stereocenters. The lowest BCUT2D eigenvalue weighted by molar-refractivity contribution is -0.151. The van der Waals surface area contributed by atoms with Crippen LogP contribution in [0.1, 0.15) is 45.0 Å². The first-order valence-electron chi connectivity index (χ1n) is 11.0. The molecule has 0 aliphatic carbocycles. The van der Waals surface area contributed by atoms with Crippen molar-refractivity contribution >= 4 is 11.1 Å². The fraction of sp³-hybridized carbons (Fsp3) is 0.154. The monoisotopic (exact) mass is 630 g/mol. The lowest BCUT2D eigenvalue weighted by Gasteiger charge is -2.13. The maximum atomic E-state index is 13.3. The van der Waals surface area contributed by atoms with Gasteiger partial charge in [-0.3, -0.25) is 0 Å². The predicted octanol–water partition coefficient (Wildman–Crippen LogP) is 5.74. The van der Waals surface area contributed by atoms with Gasteiger partial charge in [0.15, 0.2) is 0 Å². The van der Waals surface area contributed by atoms with E-state index in [1.54, 1.807) is 0 Å². The molecule has 2 heterocycles. The second kappa shape index (κ2) is 11.2. The van der Waals surface area contributed by atoms with Gasteiger partial charge in [-0.1, -0.05) is 0 Å². The summed E-state index contributed by atoms with van der Waals surface area (Å²) < 4.78 is 160. The Labute approximate surface area is 236 Å². The summed E-state index contributed by atoms with van der Waals surface area (Å²) >= 11 is 0. The van der Waals surface area contributed by atoms with Crippen LogP contribution in [-0.4, -0.2) is 9.97 Å². The summed E-state index contributed by atoms with van der Waals surface area (Å²) in [6.45, 7) is 0. The molecule has 2 aromatic heterocycles. The van der Waals surface area contributed by atoms with Crippen LogP contribution in [0.15, 0.2) is 36.4 Å². The molecule has 3 rings (SSSR count). The van der Waals surface area contributed by atoms with E-state index in [-0.39, 0.29) is 24.3 Å². The van der Waals surface area contributed by atoms with Crippen molar-refractivity contribution in [3.8, 4) is 24.3 Å². The molecule has 44 heavy (non-hydrogen) atoms. The minimum atomic E-state index is -5.44. The Morgan fingerprint density at radius 2 is 0.705 bits per heavy atom. The van der Waals surface area contributed by atoms with E-state index in [0.717, 1.165) is 0 Å². The van der Waals surface area contributed by atoms with Gasteiger partial charge in [-0.15, -0.1) is 0 Å². The van der Waals surface area contributed by atoms with Gasteiger partial charge in [0, 0.05) is 10.4 Å². The van der Waals surface area contributed by atoms with Crippen LogP contribution in [0.3, 0.4) is 0 Å². The summed E-state index contributed by atoms with van der Waals surface area (Å²) in [5, 5.41) is 37.2. The highest BCUT2D eigenvalue weighted by molar-refractivity contribution is 5.81. The Bertz CT molecular complexity index is 1750. The summed E-state index contributed by atoms with van der Waals surface area (Å²) in [6, 6.07) is 6.82. The number of pyridine rings is 2. The quantitative estimate of drug-likeness (QED) is 0.333. The molecule has 0 bridgehead atoms. The highest BCUT2D eigenvalue weighted by Crippen LogP contribution is 2.36. The van der Waals surface area contributed by atoms with Crippen LogP contribution in [0.25, 0.3) is 11.1 Å². The molecule has 0 fully saturated rings. The molecule has 0 unspecified atom stereocenters. The zero-order valence-corrected chi connectivity index (χ0v) is 20.7. The van der Waals surface area contributed by atoms with E-state index in [0.29, 0.717) is 12.1 Å². The molecule has 0 radical (unpaired) electrons. The second-order valence-corrected chi connectivity index (χ2v) is 8.38. The van der Waals surface area contributed by atoms with Gasteiger partial charge in [-0.05, 0) is 47.5 Å². The van der Waals surface area contributed by atoms with E-state index >= 15 is 0 Å². The van der Waals surface area contributed by atoms with Crippen molar-refractivity contribution in [3.05, 3.63) is 91.9 Å². The van der Waals surface area contributed by atoms with E-state index < -0.39 is 91.3 Å². The van der Waals surface area contributed by atoms with Crippen LogP contribution in [0, 0.1) is 45.3 Å². The largest absolute Gasteiger partial charge is 0.433 e.